The van der Waals surface area contributed by atoms with Crippen LogP contribution in [0.5, 0.6) is 5.75 Å². The minimum absolute atomic E-state index is 0.000818. The van der Waals surface area contributed by atoms with Gasteiger partial charge in [0, 0.05) is 13.3 Å². The van der Waals surface area contributed by atoms with Gasteiger partial charge in [-0.2, -0.15) is 0 Å². The maximum absolute atomic E-state index is 13.6. The molecule has 11 N–H and O–H groups in total. The Morgan fingerprint density at radius 2 is 1.02 bits per heavy atom. The Balaban J connectivity index is 3.24. The summed E-state index contributed by atoms with van der Waals surface area (Å²) in [6, 6.07) is -2.75. The summed E-state index contributed by atoms with van der Waals surface area (Å²) in [6.45, 7) is 11.0. The average Bonchev–Trinajstić information content (AvgIpc) is 3.04. The average molecular weight is 764 g/mol. The van der Waals surface area contributed by atoms with Gasteiger partial charge in [0.2, 0.25) is 41.4 Å². The Kier molecular flexibility index (Phi) is 18.6. The van der Waals surface area contributed by atoms with Crippen LogP contribution in [0.3, 0.4) is 0 Å². The molecule has 0 aromatic heterocycles. The highest BCUT2D eigenvalue weighted by Gasteiger charge is 2.36. The Morgan fingerprint density at radius 3 is 1.44 bits per heavy atom. The van der Waals surface area contributed by atoms with Crippen LogP contribution in [0.25, 0.3) is 0 Å². The fourth-order valence-corrected chi connectivity index (χ4v) is 5.18. The number of carboxylic acids is 2. The monoisotopic (exact) mass is 763 g/mol. The number of aromatic hydroxyl groups is 1. The van der Waals surface area contributed by atoms with Crippen LogP contribution >= 0.6 is 0 Å². The number of hydrogen-bond donors (Lipinski definition) is 10. The zero-order valence-electron chi connectivity index (χ0n) is 31.4. The van der Waals surface area contributed by atoms with Gasteiger partial charge >= 0.3 is 11.9 Å². The predicted octanol–water partition coefficient (Wildman–Crippen LogP) is -1.34. The third-order valence-corrected chi connectivity index (χ3v) is 7.94. The molecule has 0 spiro atoms. The van der Waals surface area contributed by atoms with E-state index in [1.807, 2.05) is 0 Å². The van der Waals surface area contributed by atoms with Crippen LogP contribution in [0.15, 0.2) is 24.3 Å². The van der Waals surface area contributed by atoms with Gasteiger partial charge in [-0.25, -0.2) is 4.79 Å². The Hall–Kier alpha value is -5.75. The highest BCUT2D eigenvalue weighted by Crippen LogP contribution is 2.13. The molecule has 1 aromatic rings. The van der Waals surface area contributed by atoms with E-state index in [9.17, 15) is 58.5 Å². The fraction of sp³-hybridized carbons (Fsp3) is 0.571. The first kappa shape index (κ1) is 46.3. The van der Waals surface area contributed by atoms with Crippen molar-refractivity contribution in [3.63, 3.8) is 0 Å². The highest BCUT2D eigenvalue weighted by molar-refractivity contribution is 5.98. The van der Waals surface area contributed by atoms with E-state index in [2.05, 4.69) is 31.9 Å². The molecule has 0 saturated heterocycles. The summed E-state index contributed by atoms with van der Waals surface area (Å²) in [7, 11) is 0. The molecule has 6 atom stereocenters. The van der Waals surface area contributed by atoms with Crippen molar-refractivity contribution in [2.45, 2.75) is 110 Å². The number of rotatable bonds is 22. The SMILES string of the molecule is CC(=O)NC(Cc1ccc(O)cc1)C(=O)NC(C(=O)NC(C(=O)NC(CC(N)=O)C(=O)NC(CC(=O)O)C(=O)NC(CC(C)C)C(=O)O)C(C)C)C(C)C. The van der Waals surface area contributed by atoms with E-state index in [4.69, 9.17) is 5.73 Å². The van der Waals surface area contributed by atoms with E-state index in [0.717, 1.165) is 0 Å². The number of hydrogen-bond acceptors (Lipinski definition) is 10. The van der Waals surface area contributed by atoms with Gasteiger partial charge in [-0.3, -0.25) is 38.4 Å². The van der Waals surface area contributed by atoms with E-state index in [1.165, 1.54) is 19.1 Å². The molecule has 19 nitrogen and oxygen atoms in total. The lowest BCUT2D eigenvalue weighted by molar-refractivity contribution is -0.144. The number of phenols is 1. The first-order valence-electron chi connectivity index (χ1n) is 17.3. The Bertz CT molecular complexity index is 1530. The minimum atomic E-state index is -1.82. The van der Waals surface area contributed by atoms with Crippen molar-refractivity contribution in [1.82, 2.24) is 31.9 Å². The van der Waals surface area contributed by atoms with Gasteiger partial charge in [0.1, 0.15) is 42.0 Å². The summed E-state index contributed by atoms with van der Waals surface area (Å²) in [6.07, 6.45) is -1.77. The number of aliphatic carboxylic acids is 2. The van der Waals surface area contributed by atoms with Crippen LogP contribution in [-0.4, -0.2) is 105 Å². The van der Waals surface area contributed by atoms with Crippen molar-refractivity contribution < 1.29 is 58.5 Å². The lowest BCUT2D eigenvalue weighted by Crippen LogP contribution is -2.61. The lowest BCUT2D eigenvalue weighted by atomic mass is 9.98. The summed E-state index contributed by atoms with van der Waals surface area (Å²) in [4.78, 5) is 114. The molecule has 6 unspecified atom stereocenters. The first-order valence-corrected chi connectivity index (χ1v) is 17.3. The summed E-state index contributed by atoms with van der Waals surface area (Å²) < 4.78 is 0. The summed E-state index contributed by atoms with van der Waals surface area (Å²) in [5.74, 6) is -10.7. The van der Waals surface area contributed by atoms with Crippen molar-refractivity contribution in [1.29, 1.82) is 0 Å². The van der Waals surface area contributed by atoms with E-state index in [0.29, 0.717) is 5.56 Å². The lowest BCUT2D eigenvalue weighted by Gasteiger charge is -2.29. The standard InChI is InChI=1S/C35H53N7O12/c1-16(2)12-25(35(53)54)40-31(49)24(15-27(46)47)38-30(48)23(14-26(36)45)39-33(51)28(17(3)4)42-34(52)29(18(5)6)41-32(50)22(37-19(7)43)13-20-8-10-21(44)11-9-20/h8-11,16-18,22-25,28-29,44H,12-15H2,1-7H3,(H2,36,45)(H,37,43)(H,38,48)(H,39,51)(H,40,49)(H,41,50)(H,42,52)(H,46,47)(H,53,54). The molecule has 7 amide bonds. The second kappa shape index (κ2) is 21.7. The molecule has 0 aliphatic carbocycles. The van der Waals surface area contributed by atoms with Crippen molar-refractivity contribution in [2.75, 3.05) is 0 Å². The maximum atomic E-state index is 13.6. The van der Waals surface area contributed by atoms with E-state index < -0.39 is 114 Å². The Labute approximate surface area is 312 Å². The topological polar surface area (TPSA) is 313 Å². The molecule has 0 bridgehead atoms. The third-order valence-electron chi connectivity index (χ3n) is 7.94. The molecule has 1 rings (SSSR count). The normalized spacial score (nSPS) is 14.4. The van der Waals surface area contributed by atoms with E-state index in [1.54, 1.807) is 53.7 Å². The molecule has 300 valence electrons. The van der Waals surface area contributed by atoms with Crippen molar-refractivity contribution in [2.24, 2.45) is 23.5 Å². The molecule has 1 aromatic carbocycles. The Morgan fingerprint density at radius 1 is 0.593 bits per heavy atom. The van der Waals surface area contributed by atoms with Crippen LogP contribution in [0.4, 0.5) is 0 Å². The van der Waals surface area contributed by atoms with Gasteiger partial charge in [-0.15, -0.1) is 0 Å². The maximum Gasteiger partial charge on any atom is 0.326 e. The third kappa shape index (κ3) is 16.3. The quantitative estimate of drug-likeness (QED) is 0.0656. The number of nitrogens with one attached hydrogen (secondary N) is 6. The molecular formula is C35H53N7O12. The molecule has 0 aliphatic rings. The van der Waals surface area contributed by atoms with Crippen molar-refractivity contribution >= 4 is 53.3 Å². The summed E-state index contributed by atoms with van der Waals surface area (Å²) >= 11 is 0. The number of carbonyl (C=O) groups is 9. The largest absolute Gasteiger partial charge is 0.508 e. The first-order chi connectivity index (χ1) is 25.0. The summed E-state index contributed by atoms with van der Waals surface area (Å²) in [5, 5.41) is 42.8. The van der Waals surface area contributed by atoms with Crippen molar-refractivity contribution in [3.05, 3.63) is 29.8 Å². The minimum Gasteiger partial charge on any atom is -0.508 e. The van der Waals surface area contributed by atoms with Crippen LogP contribution in [0.2, 0.25) is 0 Å². The molecule has 0 fully saturated rings. The van der Waals surface area contributed by atoms with Gasteiger partial charge < -0.3 is 53.0 Å². The fourth-order valence-electron chi connectivity index (χ4n) is 5.18. The second-order valence-electron chi connectivity index (χ2n) is 14.0. The molecule has 0 saturated carbocycles. The predicted molar refractivity (Wildman–Crippen MR) is 192 cm³/mol. The zero-order chi connectivity index (χ0) is 41.4. The molecular weight excluding hydrogens is 710 g/mol. The van der Waals surface area contributed by atoms with Gasteiger partial charge in [0.05, 0.1) is 12.8 Å². The molecule has 0 heterocycles. The zero-order valence-corrected chi connectivity index (χ0v) is 31.4. The number of amides is 7. The number of nitrogens with two attached hydrogens (primary N) is 1. The number of carboxylic acid groups (broad SMARTS) is 2. The number of phenolic OH excluding ortho intramolecular Hbond substituents is 1. The number of carbonyl (C=O) groups excluding carboxylic acids is 7. The van der Waals surface area contributed by atoms with E-state index in [-0.39, 0.29) is 24.5 Å². The van der Waals surface area contributed by atoms with E-state index >= 15 is 0 Å². The van der Waals surface area contributed by atoms with Crippen LogP contribution in [0.1, 0.15) is 73.3 Å². The smallest absolute Gasteiger partial charge is 0.326 e. The van der Waals surface area contributed by atoms with Gasteiger partial charge in [-0.05, 0) is 41.9 Å². The molecule has 0 aliphatic heterocycles. The van der Waals surface area contributed by atoms with Gasteiger partial charge in [0.25, 0.3) is 0 Å². The van der Waals surface area contributed by atoms with Crippen LogP contribution in [0, 0.1) is 17.8 Å². The summed E-state index contributed by atoms with van der Waals surface area (Å²) in [5.41, 5.74) is 5.91. The van der Waals surface area contributed by atoms with Crippen molar-refractivity contribution in [3.8, 4) is 5.75 Å². The highest BCUT2D eigenvalue weighted by atomic mass is 16.4. The van der Waals surface area contributed by atoms with Crippen LogP contribution < -0.4 is 37.6 Å². The van der Waals surface area contributed by atoms with Gasteiger partial charge in [-0.1, -0.05) is 53.7 Å². The number of benzene rings is 1. The molecule has 0 radical (unpaired) electrons. The number of primary amides is 1. The molecule has 19 heteroatoms. The van der Waals surface area contributed by atoms with Gasteiger partial charge in [0.15, 0.2) is 0 Å². The second-order valence-corrected chi connectivity index (χ2v) is 14.0. The molecule has 54 heavy (non-hydrogen) atoms. The van der Waals surface area contributed by atoms with Crippen LogP contribution in [-0.2, 0) is 49.6 Å².